The molecule has 17 heavy (non-hydrogen) atoms. The summed E-state index contributed by atoms with van der Waals surface area (Å²) in [5, 5.41) is 0. The molecule has 0 aliphatic rings. The van der Waals surface area contributed by atoms with Crippen molar-refractivity contribution in [3.05, 3.63) is 38.9 Å². The molecule has 0 unspecified atom stereocenters. The molecule has 0 atom stereocenters. The van der Waals surface area contributed by atoms with Crippen molar-refractivity contribution in [1.29, 1.82) is 0 Å². The summed E-state index contributed by atoms with van der Waals surface area (Å²) in [5.41, 5.74) is -0.458. The van der Waals surface area contributed by atoms with Gasteiger partial charge < -0.3 is 0 Å². The van der Waals surface area contributed by atoms with Crippen molar-refractivity contribution >= 4 is 5.78 Å². The number of rotatable bonds is 0. The average molecular weight is 234 g/mol. The number of hydrogen-bond acceptors (Lipinski definition) is 4. The molecule has 0 spiro atoms. The van der Waals surface area contributed by atoms with E-state index in [4.69, 9.17) is 0 Å². The van der Waals surface area contributed by atoms with Gasteiger partial charge in [0, 0.05) is 17.3 Å². The van der Waals surface area contributed by atoms with Gasteiger partial charge in [0.1, 0.15) is 6.33 Å². The summed E-state index contributed by atoms with van der Waals surface area (Å²) >= 11 is 0. The second kappa shape index (κ2) is 3.51. The van der Waals surface area contributed by atoms with Crippen LogP contribution in [0.25, 0.3) is 5.78 Å². The van der Waals surface area contributed by atoms with Crippen LogP contribution >= 0.6 is 0 Å². The Morgan fingerprint density at radius 3 is 2.47 bits per heavy atom. The third kappa shape index (κ3) is 1.86. The highest BCUT2D eigenvalue weighted by Crippen LogP contribution is 2.09. The highest BCUT2D eigenvalue weighted by molar-refractivity contribution is 5.27. The Hall–Kier alpha value is -1.98. The van der Waals surface area contributed by atoms with Gasteiger partial charge in [-0.25, -0.2) is 14.2 Å². The van der Waals surface area contributed by atoms with Crippen LogP contribution in [0.5, 0.6) is 0 Å². The predicted molar refractivity (Wildman–Crippen MR) is 63.3 cm³/mol. The minimum Gasteiger partial charge on any atom is -0.278 e. The summed E-state index contributed by atoms with van der Waals surface area (Å²) in [7, 11) is 0. The first-order chi connectivity index (χ1) is 7.80. The molecule has 0 saturated heterocycles. The highest BCUT2D eigenvalue weighted by atomic mass is 16.2. The van der Waals surface area contributed by atoms with E-state index in [-0.39, 0.29) is 22.6 Å². The lowest BCUT2D eigenvalue weighted by molar-refractivity contribution is 0.368. The second-order valence-electron chi connectivity index (χ2n) is 4.94. The largest absolute Gasteiger partial charge is 0.336 e. The van der Waals surface area contributed by atoms with Crippen LogP contribution in [0.4, 0.5) is 0 Å². The third-order valence-electron chi connectivity index (χ3n) is 2.50. The summed E-state index contributed by atoms with van der Waals surface area (Å²) < 4.78 is 2.85. The molecule has 0 bridgehead atoms. The quantitative estimate of drug-likeness (QED) is 0.658. The normalized spacial score (nSPS) is 12.0. The summed E-state index contributed by atoms with van der Waals surface area (Å²) in [6.45, 7) is 7.42. The lowest BCUT2D eigenvalue weighted by Gasteiger charge is -2.21. The summed E-state index contributed by atoms with van der Waals surface area (Å²) in [6, 6.07) is 1.32. The highest BCUT2D eigenvalue weighted by Gasteiger charge is 2.17. The van der Waals surface area contributed by atoms with Gasteiger partial charge in [0.05, 0.1) is 0 Å². The van der Waals surface area contributed by atoms with E-state index in [1.54, 1.807) is 6.92 Å². The van der Waals surface area contributed by atoms with E-state index < -0.39 is 0 Å². The van der Waals surface area contributed by atoms with Crippen LogP contribution in [-0.4, -0.2) is 18.9 Å². The van der Waals surface area contributed by atoms with Crippen LogP contribution < -0.4 is 11.2 Å². The fourth-order valence-corrected chi connectivity index (χ4v) is 1.63. The Bertz CT molecular complexity index is 691. The van der Waals surface area contributed by atoms with Gasteiger partial charge in [0.15, 0.2) is 0 Å². The molecule has 0 aliphatic heterocycles. The Morgan fingerprint density at radius 1 is 1.24 bits per heavy atom. The minimum absolute atomic E-state index is 0.139. The zero-order valence-corrected chi connectivity index (χ0v) is 10.3. The van der Waals surface area contributed by atoms with Crippen LogP contribution in [0, 0.1) is 6.92 Å². The van der Waals surface area contributed by atoms with E-state index in [2.05, 4.69) is 9.97 Å². The number of nitrogens with zero attached hydrogens (tertiary/aromatic N) is 4. The van der Waals surface area contributed by atoms with Gasteiger partial charge >= 0.3 is 5.69 Å². The van der Waals surface area contributed by atoms with E-state index in [0.717, 1.165) is 0 Å². The molecule has 2 aromatic heterocycles. The zero-order chi connectivity index (χ0) is 12.8. The van der Waals surface area contributed by atoms with Gasteiger partial charge in [-0.2, -0.15) is 4.98 Å². The molecular formula is C11H14N4O2. The Balaban J connectivity index is 2.95. The van der Waals surface area contributed by atoms with Gasteiger partial charge in [-0.05, 0) is 27.7 Å². The van der Waals surface area contributed by atoms with Gasteiger partial charge in [-0.3, -0.25) is 9.36 Å². The van der Waals surface area contributed by atoms with Gasteiger partial charge in [-0.1, -0.05) is 0 Å². The standard InChI is InChI=1S/C11H14N4O2/c1-7-5-8(16)13-9-12-6-14(11(2,3)4)10(17)15(7)9/h5-6H,1-4H3. The second-order valence-corrected chi connectivity index (χ2v) is 4.94. The van der Waals surface area contributed by atoms with Crippen LogP contribution in [0.15, 0.2) is 22.0 Å². The van der Waals surface area contributed by atoms with E-state index >= 15 is 0 Å². The molecule has 6 heteroatoms. The molecule has 6 nitrogen and oxygen atoms in total. The molecule has 0 radical (unpaired) electrons. The van der Waals surface area contributed by atoms with Crippen molar-refractivity contribution in [2.45, 2.75) is 33.2 Å². The Labute approximate surface area is 97.6 Å². The maximum atomic E-state index is 12.3. The lowest BCUT2D eigenvalue weighted by Crippen LogP contribution is -2.39. The minimum atomic E-state index is -0.386. The first-order valence-electron chi connectivity index (χ1n) is 5.29. The fourth-order valence-electron chi connectivity index (χ4n) is 1.63. The van der Waals surface area contributed by atoms with E-state index in [1.165, 1.54) is 21.4 Å². The van der Waals surface area contributed by atoms with Gasteiger partial charge in [0.2, 0.25) is 5.78 Å². The fraction of sp³-hybridized carbons (Fsp3) is 0.455. The first kappa shape index (κ1) is 11.5. The van der Waals surface area contributed by atoms with E-state index in [9.17, 15) is 9.59 Å². The SMILES string of the molecule is Cc1cc(=O)nc2ncn(C(C)(C)C)c(=O)n12. The Morgan fingerprint density at radius 2 is 1.88 bits per heavy atom. The number of aryl methyl sites for hydroxylation is 1. The number of hydrogen-bond donors (Lipinski definition) is 0. The molecule has 0 amide bonds. The first-order valence-corrected chi connectivity index (χ1v) is 5.29. The predicted octanol–water partition coefficient (Wildman–Crippen LogP) is 0.315. The maximum absolute atomic E-state index is 12.3. The topological polar surface area (TPSA) is 69.3 Å². The molecule has 0 N–H and O–H groups in total. The van der Waals surface area contributed by atoms with Gasteiger partial charge in [0.25, 0.3) is 5.56 Å². The molecule has 2 aromatic rings. The molecule has 0 aliphatic carbocycles. The third-order valence-corrected chi connectivity index (χ3v) is 2.50. The molecule has 0 saturated carbocycles. The van der Waals surface area contributed by atoms with Crippen LogP contribution in [0.2, 0.25) is 0 Å². The zero-order valence-electron chi connectivity index (χ0n) is 10.3. The van der Waals surface area contributed by atoms with Crippen molar-refractivity contribution in [3.8, 4) is 0 Å². The molecule has 0 aromatic carbocycles. The number of fused-ring (bicyclic) bond motifs is 1. The van der Waals surface area contributed by atoms with Crippen molar-refractivity contribution in [1.82, 2.24) is 18.9 Å². The molecule has 90 valence electrons. The summed E-state index contributed by atoms with van der Waals surface area (Å²) in [5.74, 6) is 0.139. The van der Waals surface area contributed by atoms with Crippen molar-refractivity contribution in [2.75, 3.05) is 0 Å². The Kier molecular flexibility index (Phi) is 2.38. The summed E-state index contributed by atoms with van der Waals surface area (Å²) in [6.07, 6.45) is 1.42. The van der Waals surface area contributed by atoms with Crippen molar-refractivity contribution < 1.29 is 0 Å². The molecular weight excluding hydrogens is 220 g/mol. The van der Waals surface area contributed by atoms with Crippen LogP contribution in [-0.2, 0) is 5.54 Å². The van der Waals surface area contributed by atoms with Crippen molar-refractivity contribution in [2.24, 2.45) is 0 Å². The smallest absolute Gasteiger partial charge is 0.278 e. The van der Waals surface area contributed by atoms with Crippen molar-refractivity contribution in [3.63, 3.8) is 0 Å². The molecule has 2 rings (SSSR count). The molecule has 2 heterocycles. The van der Waals surface area contributed by atoms with E-state index in [1.807, 2.05) is 20.8 Å². The maximum Gasteiger partial charge on any atom is 0.336 e. The average Bonchev–Trinajstić information content (AvgIpc) is 2.14. The summed E-state index contributed by atoms with van der Waals surface area (Å²) in [4.78, 5) is 31.2. The van der Waals surface area contributed by atoms with E-state index in [0.29, 0.717) is 5.69 Å². The monoisotopic (exact) mass is 234 g/mol. The lowest BCUT2D eigenvalue weighted by atomic mass is 10.1. The van der Waals surface area contributed by atoms with Crippen LogP contribution in [0.3, 0.4) is 0 Å². The van der Waals surface area contributed by atoms with Crippen LogP contribution in [0.1, 0.15) is 26.5 Å². The molecule has 0 fully saturated rings. The van der Waals surface area contributed by atoms with Gasteiger partial charge in [-0.15, -0.1) is 0 Å². The number of aromatic nitrogens is 4.